The van der Waals surface area contributed by atoms with Crippen molar-refractivity contribution < 1.29 is 24.2 Å². The number of Topliss-reactive ketones (excluding diaryl/α,β-unsaturated/α-hetero) is 1. The molecule has 1 aliphatic rings. The van der Waals surface area contributed by atoms with Gasteiger partial charge < -0.3 is 14.7 Å². The first-order valence-electron chi connectivity index (χ1n) is 6.22. The van der Waals surface area contributed by atoms with E-state index in [1.54, 1.807) is 24.3 Å². The largest absolute Gasteiger partial charge is 0.465 e. The van der Waals surface area contributed by atoms with Crippen molar-refractivity contribution in [3.63, 3.8) is 0 Å². The third kappa shape index (κ3) is 2.79. The lowest BCUT2D eigenvalue weighted by molar-refractivity contribution is -0.122. The van der Waals surface area contributed by atoms with Crippen LogP contribution < -0.4 is 0 Å². The van der Waals surface area contributed by atoms with Crippen molar-refractivity contribution in [1.29, 1.82) is 0 Å². The second kappa shape index (κ2) is 5.73. The van der Waals surface area contributed by atoms with Gasteiger partial charge in [0.05, 0.1) is 18.7 Å². The summed E-state index contributed by atoms with van der Waals surface area (Å²) in [4.78, 5) is 35.4. The molecule has 1 aromatic rings. The van der Waals surface area contributed by atoms with Gasteiger partial charge in [-0.1, -0.05) is 12.1 Å². The number of carbonyl (C=O) groups excluding carboxylic acids is 2. The smallest absolute Gasteiger partial charge is 0.407 e. The number of nitrogens with zero attached hydrogens (tertiary/aromatic N) is 1. The van der Waals surface area contributed by atoms with Crippen LogP contribution in [0.25, 0.3) is 0 Å². The van der Waals surface area contributed by atoms with E-state index in [0.717, 1.165) is 0 Å². The summed E-state index contributed by atoms with van der Waals surface area (Å²) in [7, 11) is 1.29. The molecule has 1 aromatic carbocycles. The van der Waals surface area contributed by atoms with Crippen LogP contribution in [0, 0.1) is 0 Å². The molecule has 0 aromatic heterocycles. The maximum absolute atomic E-state index is 11.5. The van der Waals surface area contributed by atoms with Gasteiger partial charge in [0.1, 0.15) is 5.78 Å². The van der Waals surface area contributed by atoms with Crippen LogP contribution in [-0.2, 0) is 9.53 Å². The second-order valence-corrected chi connectivity index (χ2v) is 4.60. The Kier molecular flexibility index (Phi) is 4.02. The van der Waals surface area contributed by atoms with E-state index in [4.69, 9.17) is 0 Å². The molecule has 106 valence electrons. The van der Waals surface area contributed by atoms with E-state index in [1.807, 2.05) is 0 Å². The maximum Gasteiger partial charge on any atom is 0.407 e. The molecule has 0 bridgehead atoms. The van der Waals surface area contributed by atoms with Crippen LogP contribution in [0.3, 0.4) is 0 Å². The Bertz CT molecular complexity index is 537. The summed E-state index contributed by atoms with van der Waals surface area (Å²) < 4.78 is 4.60. The number of likely N-dealkylation sites (tertiary alicyclic amines) is 1. The van der Waals surface area contributed by atoms with E-state index in [0.29, 0.717) is 11.1 Å². The molecule has 0 aliphatic carbocycles. The van der Waals surface area contributed by atoms with Gasteiger partial charge in [0, 0.05) is 19.4 Å². The zero-order valence-electron chi connectivity index (χ0n) is 11.0. The highest BCUT2D eigenvalue weighted by Crippen LogP contribution is 2.29. The molecule has 1 saturated heterocycles. The van der Waals surface area contributed by atoms with Gasteiger partial charge in [-0.3, -0.25) is 4.79 Å². The molecule has 6 nitrogen and oxygen atoms in total. The van der Waals surface area contributed by atoms with Crippen molar-refractivity contribution >= 4 is 17.8 Å². The van der Waals surface area contributed by atoms with Gasteiger partial charge in [0.2, 0.25) is 0 Å². The molecule has 1 aliphatic heterocycles. The van der Waals surface area contributed by atoms with Crippen molar-refractivity contribution in [3.8, 4) is 0 Å². The number of hydrogen-bond acceptors (Lipinski definition) is 4. The lowest BCUT2D eigenvalue weighted by atomic mass is 9.94. The Morgan fingerprint density at radius 2 is 1.95 bits per heavy atom. The van der Waals surface area contributed by atoms with Crippen molar-refractivity contribution in [2.75, 3.05) is 13.7 Å². The number of ether oxygens (including phenoxy) is 1. The van der Waals surface area contributed by atoms with Crippen molar-refractivity contribution in [2.45, 2.75) is 18.9 Å². The van der Waals surface area contributed by atoms with Gasteiger partial charge in [-0.05, 0) is 17.7 Å². The van der Waals surface area contributed by atoms with Crippen LogP contribution in [0.1, 0.15) is 34.8 Å². The van der Waals surface area contributed by atoms with Crippen molar-refractivity contribution in [2.24, 2.45) is 0 Å². The normalized spacial score (nSPS) is 18.8. The van der Waals surface area contributed by atoms with Gasteiger partial charge in [0.15, 0.2) is 0 Å². The predicted molar refractivity (Wildman–Crippen MR) is 69.5 cm³/mol. The van der Waals surface area contributed by atoms with Crippen molar-refractivity contribution in [1.82, 2.24) is 4.90 Å². The van der Waals surface area contributed by atoms with Crippen LogP contribution in [0.2, 0.25) is 0 Å². The Labute approximate surface area is 115 Å². The lowest BCUT2D eigenvalue weighted by Crippen LogP contribution is -2.40. The fourth-order valence-electron chi connectivity index (χ4n) is 2.31. The quantitative estimate of drug-likeness (QED) is 0.834. The number of ketones is 1. The Morgan fingerprint density at radius 1 is 1.30 bits per heavy atom. The highest BCUT2D eigenvalue weighted by Gasteiger charge is 2.31. The molecule has 0 radical (unpaired) electrons. The first-order valence-corrected chi connectivity index (χ1v) is 6.22. The summed E-state index contributed by atoms with van der Waals surface area (Å²) in [6.45, 7) is 0.206. The fourth-order valence-corrected chi connectivity index (χ4v) is 2.31. The Hall–Kier alpha value is -2.37. The predicted octanol–water partition coefficient (Wildman–Crippen LogP) is 1.86. The molecule has 0 saturated carbocycles. The number of carbonyl (C=O) groups is 3. The van der Waals surface area contributed by atoms with E-state index in [1.165, 1.54) is 12.0 Å². The maximum atomic E-state index is 11.5. The summed E-state index contributed by atoms with van der Waals surface area (Å²) in [6, 6.07) is 5.97. The number of piperidine rings is 1. The third-order valence-electron chi connectivity index (χ3n) is 3.39. The van der Waals surface area contributed by atoms with E-state index in [2.05, 4.69) is 4.74 Å². The SMILES string of the molecule is COC(=O)c1ccc(C2CC(=O)CCN2C(=O)O)cc1. The van der Waals surface area contributed by atoms with Crippen LogP contribution in [-0.4, -0.2) is 41.5 Å². The minimum absolute atomic E-state index is 0.0459. The molecule has 1 unspecified atom stereocenters. The van der Waals surface area contributed by atoms with E-state index < -0.39 is 18.1 Å². The zero-order valence-corrected chi connectivity index (χ0v) is 11.0. The zero-order chi connectivity index (χ0) is 14.7. The molecule has 1 fully saturated rings. The topological polar surface area (TPSA) is 83.9 Å². The molecule has 20 heavy (non-hydrogen) atoms. The first-order chi connectivity index (χ1) is 9.52. The number of carboxylic acid groups (broad SMARTS) is 1. The summed E-state index contributed by atoms with van der Waals surface area (Å²) in [5.41, 5.74) is 1.09. The Morgan fingerprint density at radius 3 is 2.50 bits per heavy atom. The van der Waals surface area contributed by atoms with Crippen LogP contribution in [0.4, 0.5) is 4.79 Å². The fraction of sp³-hybridized carbons (Fsp3) is 0.357. The van der Waals surface area contributed by atoms with Crippen LogP contribution in [0.15, 0.2) is 24.3 Å². The molecule has 1 heterocycles. The summed E-state index contributed by atoms with van der Waals surface area (Å²) in [5, 5.41) is 9.18. The Balaban J connectivity index is 2.25. The molecular formula is C14H15NO5. The van der Waals surface area contributed by atoms with Gasteiger partial charge in [-0.25, -0.2) is 9.59 Å². The third-order valence-corrected chi connectivity index (χ3v) is 3.39. The van der Waals surface area contributed by atoms with Gasteiger partial charge in [-0.15, -0.1) is 0 Å². The standard InChI is InChI=1S/C14H15NO5/c1-20-13(17)10-4-2-9(3-5-10)12-8-11(16)6-7-15(12)14(18)19/h2-5,12H,6-8H2,1H3,(H,18,19). The van der Waals surface area contributed by atoms with E-state index in [9.17, 15) is 19.5 Å². The molecule has 1 amide bonds. The van der Waals surface area contributed by atoms with Crippen LogP contribution in [0.5, 0.6) is 0 Å². The molecule has 2 rings (SSSR count). The van der Waals surface area contributed by atoms with Gasteiger partial charge in [-0.2, -0.15) is 0 Å². The number of methoxy groups -OCH3 is 1. The number of hydrogen-bond donors (Lipinski definition) is 1. The number of esters is 1. The minimum atomic E-state index is -1.04. The lowest BCUT2D eigenvalue weighted by Gasteiger charge is -2.33. The van der Waals surface area contributed by atoms with E-state index >= 15 is 0 Å². The minimum Gasteiger partial charge on any atom is -0.465 e. The monoisotopic (exact) mass is 277 g/mol. The summed E-state index contributed by atoms with van der Waals surface area (Å²) in [6.07, 6.45) is -0.619. The number of rotatable bonds is 2. The van der Waals surface area contributed by atoms with Gasteiger partial charge >= 0.3 is 12.1 Å². The number of amides is 1. The molecule has 6 heteroatoms. The molecule has 0 spiro atoms. The molecule has 1 N–H and O–H groups in total. The average molecular weight is 277 g/mol. The molecule has 1 atom stereocenters. The summed E-state index contributed by atoms with van der Waals surface area (Å²) in [5.74, 6) is -0.407. The molecular weight excluding hydrogens is 262 g/mol. The van der Waals surface area contributed by atoms with Crippen molar-refractivity contribution in [3.05, 3.63) is 35.4 Å². The van der Waals surface area contributed by atoms with Crippen LogP contribution >= 0.6 is 0 Å². The highest BCUT2D eigenvalue weighted by atomic mass is 16.5. The highest BCUT2D eigenvalue weighted by molar-refractivity contribution is 5.89. The van der Waals surface area contributed by atoms with Gasteiger partial charge in [0.25, 0.3) is 0 Å². The summed E-state index contributed by atoms with van der Waals surface area (Å²) >= 11 is 0. The second-order valence-electron chi connectivity index (χ2n) is 4.60. The first kappa shape index (κ1) is 14.0. The number of benzene rings is 1. The van der Waals surface area contributed by atoms with E-state index in [-0.39, 0.29) is 25.2 Å². The average Bonchev–Trinajstić information content (AvgIpc) is 2.46.